The Hall–Kier alpha value is -1.62. The second-order valence-electron chi connectivity index (χ2n) is 7.88. The van der Waals surface area contributed by atoms with Gasteiger partial charge in [-0.05, 0) is 39.0 Å². The molecule has 1 fully saturated rings. The minimum Gasteiger partial charge on any atom is -0.462 e. The van der Waals surface area contributed by atoms with E-state index in [1.54, 1.807) is 13.8 Å². The topological polar surface area (TPSA) is 61.8 Å². The number of carbonyl (C=O) groups excluding carboxylic acids is 2. The van der Waals surface area contributed by atoms with E-state index in [1.807, 2.05) is 0 Å². The minimum absolute atomic E-state index is 0.105. The summed E-state index contributed by atoms with van der Waals surface area (Å²) in [5.74, 6) is 0.224. The van der Waals surface area contributed by atoms with Gasteiger partial charge < -0.3 is 14.2 Å². The fraction of sp³-hybridized carbons (Fsp3) is 0.739. The third-order valence-corrected chi connectivity index (χ3v) is 4.28. The second-order valence-corrected chi connectivity index (χ2v) is 7.88. The average molecular weight is 397 g/mol. The van der Waals surface area contributed by atoms with Crippen molar-refractivity contribution in [3.05, 3.63) is 24.3 Å². The molecule has 5 heteroatoms. The van der Waals surface area contributed by atoms with Gasteiger partial charge in [-0.3, -0.25) is 0 Å². The van der Waals surface area contributed by atoms with Crippen molar-refractivity contribution in [3.8, 4) is 0 Å². The quantitative estimate of drug-likeness (QED) is 0.251. The van der Waals surface area contributed by atoms with Crippen molar-refractivity contribution in [2.24, 2.45) is 5.92 Å². The van der Waals surface area contributed by atoms with Crippen LogP contribution in [0, 0.1) is 5.92 Å². The lowest BCUT2D eigenvalue weighted by atomic mass is 10.0. The first-order valence-corrected chi connectivity index (χ1v) is 10.5. The molecule has 0 aromatic heterocycles. The van der Waals surface area contributed by atoms with Crippen molar-refractivity contribution in [3.63, 3.8) is 0 Å². The minimum atomic E-state index is -0.328. The van der Waals surface area contributed by atoms with Crippen LogP contribution in [-0.4, -0.2) is 37.9 Å². The molecule has 0 aliphatic carbocycles. The van der Waals surface area contributed by atoms with Crippen LogP contribution in [0.5, 0.6) is 0 Å². The van der Waals surface area contributed by atoms with Crippen molar-refractivity contribution in [2.45, 2.75) is 85.2 Å². The van der Waals surface area contributed by atoms with Gasteiger partial charge in [0.05, 0.1) is 12.7 Å². The molecular weight excluding hydrogens is 356 g/mol. The molecule has 1 aliphatic rings. The van der Waals surface area contributed by atoms with Crippen molar-refractivity contribution < 1.29 is 23.8 Å². The van der Waals surface area contributed by atoms with E-state index in [0.29, 0.717) is 24.4 Å². The first kappa shape index (κ1) is 26.4. The Morgan fingerprint density at radius 3 is 2.07 bits per heavy atom. The summed E-state index contributed by atoms with van der Waals surface area (Å²) >= 11 is 0. The fourth-order valence-electron chi connectivity index (χ4n) is 2.54. The summed E-state index contributed by atoms with van der Waals surface area (Å²) in [7, 11) is 0. The van der Waals surface area contributed by atoms with Gasteiger partial charge in [0.15, 0.2) is 0 Å². The molecule has 0 N–H and O–H groups in total. The number of carbonyl (C=O) groups is 2. The van der Waals surface area contributed by atoms with Crippen molar-refractivity contribution >= 4 is 11.9 Å². The third-order valence-electron chi connectivity index (χ3n) is 4.28. The lowest BCUT2D eigenvalue weighted by Gasteiger charge is -2.09. The van der Waals surface area contributed by atoms with Gasteiger partial charge in [0.2, 0.25) is 0 Å². The summed E-state index contributed by atoms with van der Waals surface area (Å²) in [6.07, 6.45) is 9.48. The first-order valence-electron chi connectivity index (χ1n) is 10.5. The highest BCUT2D eigenvalue weighted by Crippen LogP contribution is 2.12. The van der Waals surface area contributed by atoms with E-state index in [0.717, 1.165) is 38.2 Å². The van der Waals surface area contributed by atoms with Crippen LogP contribution in [-0.2, 0) is 23.8 Å². The van der Waals surface area contributed by atoms with Crippen LogP contribution >= 0.6 is 0 Å². The molecule has 1 saturated heterocycles. The van der Waals surface area contributed by atoms with Gasteiger partial charge in [0.1, 0.15) is 6.61 Å². The van der Waals surface area contributed by atoms with Crippen LogP contribution in [0.25, 0.3) is 0 Å². The highest BCUT2D eigenvalue weighted by Gasteiger charge is 2.17. The number of rotatable bonds is 12. The Kier molecular flexibility index (Phi) is 15.4. The van der Waals surface area contributed by atoms with E-state index in [1.165, 1.54) is 25.7 Å². The van der Waals surface area contributed by atoms with Gasteiger partial charge in [0, 0.05) is 17.8 Å². The molecule has 1 heterocycles. The van der Waals surface area contributed by atoms with Gasteiger partial charge >= 0.3 is 11.9 Å². The van der Waals surface area contributed by atoms with E-state index in [2.05, 4.69) is 27.0 Å². The maximum Gasteiger partial charge on any atom is 0.333 e. The summed E-state index contributed by atoms with van der Waals surface area (Å²) in [6.45, 7) is 16.5. The maximum absolute atomic E-state index is 11.0. The molecule has 1 unspecified atom stereocenters. The Balaban J connectivity index is 0.000000540. The lowest BCUT2D eigenvalue weighted by molar-refractivity contribution is -0.142. The predicted molar refractivity (Wildman–Crippen MR) is 113 cm³/mol. The number of hydrogen-bond acceptors (Lipinski definition) is 5. The van der Waals surface area contributed by atoms with E-state index < -0.39 is 0 Å². The van der Waals surface area contributed by atoms with Gasteiger partial charge in [-0.25, -0.2) is 9.59 Å². The van der Waals surface area contributed by atoms with E-state index in [-0.39, 0.29) is 18.0 Å². The van der Waals surface area contributed by atoms with Gasteiger partial charge in [-0.15, -0.1) is 0 Å². The Morgan fingerprint density at radius 1 is 0.964 bits per heavy atom. The first-order chi connectivity index (χ1) is 13.2. The number of ether oxygens (including phenoxy) is 3. The van der Waals surface area contributed by atoms with Crippen LogP contribution in [0.1, 0.15) is 79.1 Å². The monoisotopic (exact) mass is 396 g/mol. The number of unbranched alkanes of at least 4 members (excludes halogenated alkanes) is 4. The van der Waals surface area contributed by atoms with Crippen molar-refractivity contribution in [1.29, 1.82) is 0 Å². The molecule has 162 valence electrons. The predicted octanol–water partition coefficient (Wildman–Crippen LogP) is 5.39. The van der Waals surface area contributed by atoms with Crippen LogP contribution in [0.15, 0.2) is 24.3 Å². The zero-order chi connectivity index (χ0) is 21.4. The molecule has 0 amide bonds. The molecular formula is C23H40O5. The molecule has 0 saturated carbocycles. The third kappa shape index (κ3) is 15.4. The van der Waals surface area contributed by atoms with Crippen LogP contribution in [0.4, 0.5) is 0 Å². The zero-order valence-corrected chi connectivity index (χ0v) is 18.4. The summed E-state index contributed by atoms with van der Waals surface area (Å²) < 4.78 is 15.2. The Labute approximate surface area is 171 Å². The molecule has 0 aromatic rings. The van der Waals surface area contributed by atoms with Crippen LogP contribution < -0.4 is 0 Å². The smallest absolute Gasteiger partial charge is 0.333 e. The normalized spacial score (nSPS) is 15.5. The molecule has 0 radical (unpaired) electrons. The highest BCUT2D eigenvalue weighted by molar-refractivity contribution is 5.87. The summed E-state index contributed by atoms with van der Waals surface area (Å²) in [6, 6.07) is 0. The molecule has 0 bridgehead atoms. The number of hydrogen-bond donors (Lipinski definition) is 0. The standard InChI is InChI=1S/C14H26O2.C9H14O3/c1-12(2)10-8-6-5-7-9-11-16-14(15)13(3)4;1-7(2)9(10)12-6-8-4-3-5-11-8/h12H,3,5-11H2,1-2,4H3;8H,1,3-6H2,2H3. The average Bonchev–Trinajstić information content (AvgIpc) is 3.15. The number of esters is 2. The molecule has 0 aromatic carbocycles. The van der Waals surface area contributed by atoms with Crippen LogP contribution in [0.2, 0.25) is 0 Å². The largest absolute Gasteiger partial charge is 0.462 e. The molecule has 0 spiro atoms. The van der Waals surface area contributed by atoms with Crippen molar-refractivity contribution in [1.82, 2.24) is 0 Å². The van der Waals surface area contributed by atoms with E-state index in [4.69, 9.17) is 14.2 Å². The van der Waals surface area contributed by atoms with Gasteiger partial charge in [0.25, 0.3) is 0 Å². The summed E-state index contributed by atoms with van der Waals surface area (Å²) in [5, 5.41) is 0. The SMILES string of the molecule is C=C(C)C(=O)OCC1CCCO1.C=C(C)C(=O)OCCCCCCCC(C)C. The second kappa shape index (κ2) is 16.3. The van der Waals surface area contributed by atoms with E-state index in [9.17, 15) is 9.59 Å². The Morgan fingerprint density at radius 2 is 1.54 bits per heavy atom. The maximum atomic E-state index is 11.0. The van der Waals surface area contributed by atoms with Crippen molar-refractivity contribution in [2.75, 3.05) is 19.8 Å². The highest BCUT2D eigenvalue weighted by atomic mass is 16.6. The molecule has 1 rings (SSSR count). The molecule has 28 heavy (non-hydrogen) atoms. The molecule has 5 nitrogen and oxygen atoms in total. The van der Waals surface area contributed by atoms with E-state index >= 15 is 0 Å². The Bertz CT molecular complexity index is 475. The fourth-order valence-corrected chi connectivity index (χ4v) is 2.54. The zero-order valence-electron chi connectivity index (χ0n) is 18.4. The van der Waals surface area contributed by atoms with Gasteiger partial charge in [-0.2, -0.15) is 0 Å². The molecule has 1 atom stereocenters. The summed E-state index contributed by atoms with van der Waals surface area (Å²) in [5.41, 5.74) is 0.921. The lowest BCUT2D eigenvalue weighted by Crippen LogP contribution is -2.17. The summed E-state index contributed by atoms with van der Waals surface area (Å²) in [4.78, 5) is 22.0. The van der Waals surface area contributed by atoms with Gasteiger partial charge in [-0.1, -0.05) is 59.1 Å². The molecule has 1 aliphatic heterocycles. The van der Waals surface area contributed by atoms with Crippen LogP contribution in [0.3, 0.4) is 0 Å².